The molecule has 0 atom stereocenters. The largest absolute Gasteiger partial charge is 0.392 e. The van der Waals surface area contributed by atoms with Crippen LogP contribution in [0.3, 0.4) is 0 Å². The van der Waals surface area contributed by atoms with Crippen LogP contribution in [-0.4, -0.2) is 71.4 Å². The Morgan fingerprint density at radius 2 is 1.76 bits per heavy atom. The number of aliphatic hydroxyl groups excluding tert-OH is 1. The molecule has 2 aromatic carbocycles. The molecule has 6 rings (SSSR count). The average Bonchev–Trinajstić information content (AvgIpc) is 3.03. The van der Waals surface area contributed by atoms with Gasteiger partial charge in [0.05, 0.1) is 29.6 Å². The summed E-state index contributed by atoms with van der Waals surface area (Å²) in [6.07, 6.45) is 5.08. The second kappa shape index (κ2) is 12.2. The number of anilines is 4. The van der Waals surface area contributed by atoms with E-state index in [4.69, 9.17) is 0 Å². The number of aryl methyl sites for hydroxylation is 1. The van der Waals surface area contributed by atoms with E-state index in [0.29, 0.717) is 45.0 Å². The lowest BCUT2D eigenvalue weighted by Crippen LogP contribution is -2.44. The van der Waals surface area contributed by atoms with Crippen LogP contribution in [0.1, 0.15) is 5.56 Å². The highest BCUT2D eigenvalue weighted by atomic mass is 19.1. The number of nitrogens with zero attached hydrogens (tertiary/aromatic N) is 6. The summed E-state index contributed by atoms with van der Waals surface area (Å²) >= 11 is 0. The summed E-state index contributed by atoms with van der Waals surface area (Å²) in [5.41, 5.74) is 3.37. The Bertz CT molecular complexity index is 2000. The maximum absolute atomic E-state index is 15.2. The zero-order valence-corrected chi connectivity index (χ0v) is 25.8. The molecular formula is C34H36FN7O3. The Balaban J connectivity index is 1.36. The van der Waals surface area contributed by atoms with E-state index in [0.717, 1.165) is 31.9 Å². The highest BCUT2D eigenvalue weighted by Crippen LogP contribution is 2.31. The summed E-state index contributed by atoms with van der Waals surface area (Å²) in [5.74, 6) is -0.0865. The number of rotatable bonds is 7. The third-order valence-electron chi connectivity index (χ3n) is 8.40. The Morgan fingerprint density at radius 3 is 2.44 bits per heavy atom. The second-order valence-corrected chi connectivity index (χ2v) is 11.6. The fourth-order valence-corrected chi connectivity index (χ4v) is 5.80. The molecule has 0 bridgehead atoms. The fraction of sp³-hybridized carbons (Fsp3) is 0.265. The zero-order valence-electron chi connectivity index (χ0n) is 25.8. The maximum atomic E-state index is 15.2. The van der Waals surface area contributed by atoms with E-state index in [1.54, 1.807) is 60.9 Å². The third kappa shape index (κ3) is 5.79. The van der Waals surface area contributed by atoms with Crippen LogP contribution in [0.15, 0.2) is 82.8 Å². The molecule has 10 nitrogen and oxygen atoms in total. The molecule has 45 heavy (non-hydrogen) atoms. The Morgan fingerprint density at radius 1 is 0.978 bits per heavy atom. The molecule has 11 heteroatoms. The van der Waals surface area contributed by atoms with Crippen molar-refractivity contribution in [1.82, 2.24) is 19.0 Å². The molecule has 232 valence electrons. The van der Waals surface area contributed by atoms with Gasteiger partial charge in [-0.25, -0.2) is 9.37 Å². The minimum Gasteiger partial charge on any atom is -0.392 e. The van der Waals surface area contributed by atoms with Crippen molar-refractivity contribution in [2.75, 3.05) is 62.4 Å². The molecule has 0 radical (unpaired) electrons. The first-order chi connectivity index (χ1) is 21.6. The Labute approximate surface area is 260 Å². The lowest BCUT2D eigenvalue weighted by atomic mass is 9.99. The van der Waals surface area contributed by atoms with Crippen molar-refractivity contribution >= 4 is 33.7 Å². The first kappa shape index (κ1) is 30.0. The number of nitrogens with one attached hydrogen (secondary N) is 1. The normalized spacial score (nSPS) is 13.8. The number of hydrogen-bond donors (Lipinski definition) is 2. The second-order valence-electron chi connectivity index (χ2n) is 11.6. The smallest absolute Gasteiger partial charge is 0.274 e. The molecule has 0 unspecified atom stereocenters. The highest BCUT2D eigenvalue weighted by molar-refractivity contribution is 5.86. The van der Waals surface area contributed by atoms with Gasteiger partial charge in [0, 0.05) is 76.5 Å². The number of aromatic nitrogens is 3. The first-order valence-electron chi connectivity index (χ1n) is 14.8. The van der Waals surface area contributed by atoms with Crippen LogP contribution in [0.2, 0.25) is 0 Å². The summed E-state index contributed by atoms with van der Waals surface area (Å²) in [5, 5.41) is 14.2. The summed E-state index contributed by atoms with van der Waals surface area (Å²) in [4.78, 5) is 37.7. The van der Waals surface area contributed by atoms with E-state index < -0.39 is 11.4 Å². The molecule has 1 saturated heterocycles. The lowest BCUT2D eigenvalue weighted by molar-refractivity contribution is 0.282. The molecule has 1 fully saturated rings. The van der Waals surface area contributed by atoms with Gasteiger partial charge in [0.15, 0.2) is 0 Å². The van der Waals surface area contributed by atoms with Gasteiger partial charge in [-0.3, -0.25) is 14.2 Å². The van der Waals surface area contributed by atoms with Crippen molar-refractivity contribution in [1.29, 1.82) is 0 Å². The lowest BCUT2D eigenvalue weighted by Gasteiger charge is -2.33. The summed E-state index contributed by atoms with van der Waals surface area (Å²) in [6.45, 7) is 3.45. The number of halogens is 1. The molecule has 1 aliphatic heterocycles. The topological polar surface area (TPSA) is 98.9 Å². The van der Waals surface area contributed by atoms with Crippen LogP contribution in [0.25, 0.3) is 27.6 Å². The van der Waals surface area contributed by atoms with E-state index in [9.17, 15) is 14.7 Å². The summed E-state index contributed by atoms with van der Waals surface area (Å²) < 4.78 is 18.0. The minimum absolute atomic E-state index is 0.0304. The SMILES string of the molecule is CN1CCN(c2ccc(Nc3cc(-c4cccc(-n5ccc6cc(N(C)C)cc(F)c6c5=O)c4CO)cn(C)c3=O)nc2)CC1. The van der Waals surface area contributed by atoms with E-state index in [2.05, 4.69) is 27.1 Å². The van der Waals surface area contributed by atoms with E-state index in [1.165, 1.54) is 15.2 Å². The van der Waals surface area contributed by atoms with E-state index >= 15 is 4.39 Å². The molecule has 5 aromatic rings. The first-order valence-corrected chi connectivity index (χ1v) is 14.8. The van der Waals surface area contributed by atoms with Crippen LogP contribution < -0.4 is 26.2 Å². The predicted octanol–water partition coefficient (Wildman–Crippen LogP) is 3.94. The molecule has 0 saturated carbocycles. The van der Waals surface area contributed by atoms with Gasteiger partial charge in [0.25, 0.3) is 11.1 Å². The number of benzene rings is 2. The molecule has 2 N–H and O–H groups in total. The Kier molecular flexibility index (Phi) is 8.13. The fourth-order valence-electron chi connectivity index (χ4n) is 5.80. The van der Waals surface area contributed by atoms with Crippen molar-refractivity contribution in [3.05, 3.63) is 105 Å². The van der Waals surface area contributed by atoms with Crippen molar-refractivity contribution in [3.8, 4) is 16.8 Å². The summed E-state index contributed by atoms with van der Waals surface area (Å²) in [6, 6.07) is 15.6. The van der Waals surface area contributed by atoms with Crippen LogP contribution in [0, 0.1) is 5.82 Å². The van der Waals surface area contributed by atoms with Gasteiger partial charge in [-0.2, -0.15) is 0 Å². The van der Waals surface area contributed by atoms with Crippen LogP contribution in [0.5, 0.6) is 0 Å². The minimum atomic E-state index is -0.615. The van der Waals surface area contributed by atoms with E-state index in [-0.39, 0.29) is 17.6 Å². The van der Waals surface area contributed by atoms with Crippen LogP contribution in [-0.2, 0) is 13.7 Å². The van der Waals surface area contributed by atoms with Gasteiger partial charge < -0.3 is 29.7 Å². The average molecular weight is 610 g/mol. The summed E-state index contributed by atoms with van der Waals surface area (Å²) in [7, 11) is 7.38. The number of hydrogen-bond acceptors (Lipinski definition) is 8. The van der Waals surface area contributed by atoms with Crippen molar-refractivity contribution in [3.63, 3.8) is 0 Å². The standard InChI is InChI=1S/C34H36FN7O3/c1-38(2)25-16-22-10-11-42(34(45)32(22)28(35)18-25)30-7-5-6-26(27(30)21-43)23-17-29(33(44)40(4)20-23)37-31-9-8-24(19-36-31)41-14-12-39(3)13-15-41/h5-11,16-20,43H,12-15,21H2,1-4H3,(H,36,37). The number of aliphatic hydroxyl groups is 1. The molecular weight excluding hydrogens is 573 g/mol. The van der Waals surface area contributed by atoms with Crippen LogP contribution in [0.4, 0.5) is 27.3 Å². The number of fused-ring (bicyclic) bond motifs is 1. The predicted molar refractivity (Wildman–Crippen MR) is 178 cm³/mol. The van der Waals surface area contributed by atoms with Crippen LogP contribution >= 0.6 is 0 Å². The number of likely N-dealkylation sites (N-methyl/N-ethyl adjacent to an activating group) is 1. The van der Waals surface area contributed by atoms with Crippen molar-refractivity contribution in [2.45, 2.75) is 6.61 Å². The van der Waals surface area contributed by atoms with Gasteiger partial charge in [0.2, 0.25) is 0 Å². The molecule has 1 aliphatic rings. The molecule has 0 aliphatic carbocycles. The molecule has 4 heterocycles. The van der Waals surface area contributed by atoms with Gasteiger partial charge >= 0.3 is 0 Å². The van der Waals surface area contributed by atoms with Gasteiger partial charge in [0.1, 0.15) is 17.3 Å². The van der Waals surface area contributed by atoms with Crippen molar-refractivity contribution < 1.29 is 9.50 Å². The quantitative estimate of drug-likeness (QED) is 0.287. The van der Waals surface area contributed by atoms with Gasteiger partial charge in [-0.05, 0) is 60.5 Å². The number of pyridine rings is 3. The van der Waals surface area contributed by atoms with E-state index in [1.807, 2.05) is 32.3 Å². The molecule has 0 spiro atoms. The van der Waals surface area contributed by atoms with Crippen molar-refractivity contribution in [2.24, 2.45) is 7.05 Å². The molecule has 3 aromatic heterocycles. The number of piperazine rings is 1. The van der Waals surface area contributed by atoms with Gasteiger partial charge in [-0.1, -0.05) is 12.1 Å². The Hall–Kier alpha value is -5.00. The molecule has 0 amide bonds. The maximum Gasteiger partial charge on any atom is 0.274 e. The third-order valence-corrected chi connectivity index (χ3v) is 8.40. The zero-order chi connectivity index (χ0) is 31.8. The monoisotopic (exact) mass is 609 g/mol. The van der Waals surface area contributed by atoms with Gasteiger partial charge in [-0.15, -0.1) is 0 Å². The highest BCUT2D eigenvalue weighted by Gasteiger charge is 2.18.